The average Bonchev–Trinajstić information content (AvgIpc) is 2.71. The highest BCUT2D eigenvalue weighted by atomic mass is 16.5. The molecule has 1 aromatic carbocycles. The Balaban J connectivity index is 1.81. The van der Waals surface area contributed by atoms with E-state index in [2.05, 4.69) is 15.5 Å². The number of pyridine rings is 1. The van der Waals surface area contributed by atoms with Gasteiger partial charge in [0.15, 0.2) is 5.84 Å². The van der Waals surface area contributed by atoms with Gasteiger partial charge in [0.1, 0.15) is 0 Å². The molecule has 1 aromatic heterocycles. The van der Waals surface area contributed by atoms with E-state index in [-0.39, 0.29) is 12.0 Å². The van der Waals surface area contributed by atoms with E-state index in [1.165, 1.54) is 0 Å². The monoisotopic (exact) mass is 365 g/mol. The van der Waals surface area contributed by atoms with Crippen LogP contribution in [0.5, 0.6) is 0 Å². The number of aryl methyl sites for hydroxylation is 1. The van der Waals surface area contributed by atoms with Crippen LogP contribution >= 0.6 is 0 Å². The van der Waals surface area contributed by atoms with Gasteiger partial charge in [-0.1, -0.05) is 31.2 Å². The van der Waals surface area contributed by atoms with Crippen molar-refractivity contribution >= 4 is 11.5 Å². The minimum Gasteiger partial charge on any atom is -0.382 e. The molecule has 1 aliphatic rings. The molecule has 1 fully saturated rings. The molecule has 0 bridgehead atoms. The smallest absolute Gasteiger partial charge is 0.151 e. The molecule has 0 aliphatic carbocycles. The molecule has 6 heteroatoms. The first-order valence-corrected chi connectivity index (χ1v) is 9.33. The van der Waals surface area contributed by atoms with E-state index in [0.29, 0.717) is 11.5 Å². The van der Waals surface area contributed by atoms with E-state index in [0.717, 1.165) is 48.4 Å². The maximum Gasteiger partial charge on any atom is 0.151 e. The maximum atomic E-state index is 8.74. The number of hydrogen-bond acceptors (Lipinski definition) is 5. The molecule has 4 N–H and O–H groups in total. The van der Waals surface area contributed by atoms with Gasteiger partial charge in [-0.25, -0.2) is 0 Å². The van der Waals surface area contributed by atoms with Gasteiger partial charge in [0.25, 0.3) is 0 Å². The number of hydrogen-bond donors (Lipinski definition) is 3. The molecule has 27 heavy (non-hydrogen) atoms. The van der Waals surface area contributed by atoms with E-state index < -0.39 is 0 Å². The Morgan fingerprint density at radius 3 is 2.67 bits per heavy atom. The zero-order chi connectivity index (χ0) is 19.2. The highest BCUT2D eigenvalue weighted by Gasteiger charge is 2.18. The minimum absolute atomic E-state index is 0.0656. The van der Waals surface area contributed by atoms with Crippen LogP contribution in [0.1, 0.15) is 48.1 Å². The van der Waals surface area contributed by atoms with Crippen LogP contribution in [0, 0.1) is 12.3 Å². The zero-order valence-electron chi connectivity index (χ0n) is 15.9. The van der Waals surface area contributed by atoms with Crippen LogP contribution in [-0.2, 0) is 4.74 Å². The number of aromatic nitrogens is 1. The first-order valence-electron chi connectivity index (χ1n) is 9.33. The van der Waals surface area contributed by atoms with Crippen molar-refractivity contribution in [2.45, 2.75) is 38.6 Å². The molecule has 0 saturated carbocycles. The van der Waals surface area contributed by atoms with Gasteiger partial charge in [0.2, 0.25) is 0 Å². The third-order valence-corrected chi connectivity index (χ3v) is 4.94. The fraction of sp³-hybridized carbons (Fsp3) is 0.381. The fourth-order valence-corrected chi connectivity index (χ4v) is 3.23. The Kier molecular flexibility index (Phi) is 6.19. The number of amidine groups is 1. The third-order valence-electron chi connectivity index (χ3n) is 4.94. The number of nitrogens with one attached hydrogen (secondary N) is 2. The van der Waals surface area contributed by atoms with E-state index >= 15 is 0 Å². The lowest BCUT2D eigenvalue weighted by atomic mass is 9.89. The number of nitrogens with zero attached hydrogens (tertiary/aromatic N) is 2. The second kappa shape index (κ2) is 8.77. The number of benzene rings is 1. The molecule has 1 aliphatic heterocycles. The third kappa shape index (κ3) is 4.71. The van der Waals surface area contributed by atoms with Crippen LogP contribution in [0.3, 0.4) is 0 Å². The number of ether oxygens (including phenoxy) is 1. The van der Waals surface area contributed by atoms with E-state index in [4.69, 9.17) is 15.9 Å². The Labute approximate surface area is 160 Å². The van der Waals surface area contributed by atoms with Crippen molar-refractivity contribution in [1.82, 2.24) is 10.4 Å². The van der Waals surface area contributed by atoms with Crippen molar-refractivity contribution in [3.05, 3.63) is 65.0 Å². The fourth-order valence-electron chi connectivity index (χ4n) is 3.23. The maximum absolute atomic E-state index is 8.74. The first kappa shape index (κ1) is 19.0. The molecule has 2 heterocycles. The van der Waals surface area contributed by atoms with Gasteiger partial charge in [-0.15, -0.1) is 0 Å². The quantitative estimate of drug-likeness (QED) is 0.416. The normalized spacial score (nSPS) is 16.7. The summed E-state index contributed by atoms with van der Waals surface area (Å²) in [7, 11) is 0. The summed E-state index contributed by atoms with van der Waals surface area (Å²) in [5, 5.41) is 13.1. The van der Waals surface area contributed by atoms with Gasteiger partial charge in [0, 0.05) is 53.9 Å². The minimum atomic E-state index is -0.0656. The van der Waals surface area contributed by atoms with Crippen LogP contribution in [-0.4, -0.2) is 35.8 Å². The molecule has 1 unspecified atom stereocenters. The van der Waals surface area contributed by atoms with Crippen LogP contribution in [0.2, 0.25) is 0 Å². The molecule has 0 amide bonds. The summed E-state index contributed by atoms with van der Waals surface area (Å²) in [6.45, 7) is 5.48. The summed E-state index contributed by atoms with van der Waals surface area (Å²) in [4.78, 5) is 4.24. The summed E-state index contributed by atoms with van der Waals surface area (Å²) in [6.07, 6.45) is 3.63. The molecular formula is C21H27N5O. The zero-order valence-corrected chi connectivity index (χ0v) is 15.9. The van der Waals surface area contributed by atoms with Crippen molar-refractivity contribution in [2.24, 2.45) is 10.8 Å². The standard InChI is InChI=1S/C21H27N5O/c1-14-13-16(7-10-24-14)15(2)20(22)18-5-3-4-6-19(18)21(23)26-25-17-8-11-27-12-9-17/h3-7,10,13,15,17,22,25H,8-9,11-12H2,1-2H3,(H2,23,26). The SMILES string of the molecule is Cc1cc(C(C)C(=N)c2ccccc2/C(N)=N/NC2CCOCC2)ccn1. The lowest BCUT2D eigenvalue weighted by Gasteiger charge is -2.22. The molecule has 3 rings (SSSR count). The van der Waals surface area contributed by atoms with Crippen molar-refractivity contribution in [3.63, 3.8) is 0 Å². The van der Waals surface area contributed by atoms with Crippen molar-refractivity contribution in [1.29, 1.82) is 5.41 Å². The second-order valence-corrected chi connectivity index (χ2v) is 6.92. The number of rotatable bonds is 6. The Morgan fingerprint density at radius 2 is 1.96 bits per heavy atom. The van der Waals surface area contributed by atoms with Crippen LogP contribution in [0.4, 0.5) is 0 Å². The van der Waals surface area contributed by atoms with Gasteiger partial charge in [-0.05, 0) is 37.5 Å². The molecule has 2 aromatic rings. The van der Waals surface area contributed by atoms with Gasteiger partial charge in [0.05, 0.1) is 0 Å². The molecule has 1 saturated heterocycles. The van der Waals surface area contributed by atoms with E-state index in [1.807, 2.05) is 50.2 Å². The van der Waals surface area contributed by atoms with Crippen LogP contribution in [0.15, 0.2) is 47.7 Å². The van der Waals surface area contributed by atoms with Crippen molar-refractivity contribution < 1.29 is 4.74 Å². The Bertz CT molecular complexity index is 827. The van der Waals surface area contributed by atoms with Crippen molar-refractivity contribution in [3.8, 4) is 0 Å². The Morgan fingerprint density at radius 1 is 1.26 bits per heavy atom. The number of nitrogens with two attached hydrogens (primary N) is 1. The predicted octanol–water partition coefficient (Wildman–Crippen LogP) is 2.95. The highest BCUT2D eigenvalue weighted by molar-refractivity contribution is 6.12. The van der Waals surface area contributed by atoms with E-state index in [1.54, 1.807) is 6.20 Å². The number of hydrazone groups is 1. The van der Waals surface area contributed by atoms with Crippen molar-refractivity contribution in [2.75, 3.05) is 13.2 Å². The summed E-state index contributed by atoms with van der Waals surface area (Å²) in [6, 6.07) is 12.0. The lowest BCUT2D eigenvalue weighted by Crippen LogP contribution is -2.33. The largest absolute Gasteiger partial charge is 0.382 e. The molecule has 1 atom stereocenters. The summed E-state index contributed by atoms with van der Waals surface area (Å²) >= 11 is 0. The Hall–Kier alpha value is -2.73. The summed E-state index contributed by atoms with van der Waals surface area (Å²) in [5.74, 6) is 0.337. The van der Waals surface area contributed by atoms with Gasteiger partial charge in [-0.3, -0.25) is 4.98 Å². The molecule has 0 spiro atoms. The average molecular weight is 365 g/mol. The first-order chi connectivity index (χ1) is 13.1. The second-order valence-electron chi connectivity index (χ2n) is 6.92. The summed E-state index contributed by atoms with van der Waals surface area (Å²) in [5.41, 5.74) is 13.5. The van der Waals surface area contributed by atoms with Crippen LogP contribution in [0.25, 0.3) is 0 Å². The highest BCUT2D eigenvalue weighted by Crippen LogP contribution is 2.23. The van der Waals surface area contributed by atoms with Crippen LogP contribution < -0.4 is 11.2 Å². The molecular weight excluding hydrogens is 338 g/mol. The molecule has 0 radical (unpaired) electrons. The van der Waals surface area contributed by atoms with E-state index in [9.17, 15) is 0 Å². The topological polar surface area (TPSA) is 96.4 Å². The van der Waals surface area contributed by atoms with Gasteiger partial charge < -0.3 is 21.3 Å². The molecule has 6 nitrogen and oxygen atoms in total. The van der Waals surface area contributed by atoms with Gasteiger partial charge >= 0.3 is 0 Å². The van der Waals surface area contributed by atoms with Gasteiger partial charge in [-0.2, -0.15) is 5.10 Å². The molecule has 142 valence electrons. The summed E-state index contributed by atoms with van der Waals surface area (Å²) < 4.78 is 5.37. The predicted molar refractivity (Wildman–Crippen MR) is 108 cm³/mol. The lowest BCUT2D eigenvalue weighted by molar-refractivity contribution is 0.0783.